The number of rotatable bonds is 11. The van der Waals surface area contributed by atoms with Crippen molar-refractivity contribution in [2.45, 2.75) is 13.0 Å². The molecular weight excluding hydrogens is 494 g/mol. The van der Waals surface area contributed by atoms with Gasteiger partial charge >= 0.3 is 0 Å². The van der Waals surface area contributed by atoms with E-state index in [0.29, 0.717) is 41.5 Å². The summed E-state index contributed by atoms with van der Waals surface area (Å²) in [6.45, 7) is 0.577. The summed E-state index contributed by atoms with van der Waals surface area (Å²) in [4.78, 5) is 17.2. The van der Waals surface area contributed by atoms with Crippen LogP contribution in [0.15, 0.2) is 78.5 Å². The van der Waals surface area contributed by atoms with Crippen molar-refractivity contribution in [3.8, 4) is 29.1 Å². The molecule has 4 aromatic rings. The molecule has 3 aromatic carbocycles. The Bertz CT molecular complexity index is 1540. The molecule has 0 spiro atoms. The quantitative estimate of drug-likeness (QED) is 0.215. The van der Waals surface area contributed by atoms with Crippen molar-refractivity contribution in [3.05, 3.63) is 95.2 Å². The second-order valence-corrected chi connectivity index (χ2v) is 8.56. The van der Waals surface area contributed by atoms with Gasteiger partial charge in [-0.05, 0) is 60.0 Å². The van der Waals surface area contributed by atoms with E-state index in [9.17, 15) is 10.1 Å². The van der Waals surface area contributed by atoms with Crippen LogP contribution in [0.1, 0.15) is 16.7 Å². The van der Waals surface area contributed by atoms with E-state index < -0.39 is 5.91 Å². The number of pyridine rings is 1. The summed E-state index contributed by atoms with van der Waals surface area (Å²) < 4.78 is 22.2. The first kappa shape index (κ1) is 27.0. The van der Waals surface area contributed by atoms with Crippen LogP contribution >= 0.6 is 0 Å². The average Bonchev–Trinajstić information content (AvgIpc) is 2.98. The van der Waals surface area contributed by atoms with E-state index >= 15 is 0 Å². The lowest BCUT2D eigenvalue weighted by Gasteiger charge is -2.12. The van der Waals surface area contributed by atoms with Gasteiger partial charge in [0.25, 0.3) is 5.91 Å². The summed E-state index contributed by atoms with van der Waals surface area (Å²) in [7, 11) is 4.74. The molecule has 1 aromatic heterocycles. The zero-order valence-electron chi connectivity index (χ0n) is 22.1. The second-order valence-electron chi connectivity index (χ2n) is 8.56. The van der Waals surface area contributed by atoms with Gasteiger partial charge in [-0.1, -0.05) is 30.3 Å². The van der Waals surface area contributed by atoms with Gasteiger partial charge in [-0.2, -0.15) is 5.26 Å². The zero-order valence-corrected chi connectivity index (χ0v) is 22.1. The van der Waals surface area contributed by atoms with E-state index in [-0.39, 0.29) is 12.2 Å². The van der Waals surface area contributed by atoms with Crippen molar-refractivity contribution in [1.82, 2.24) is 10.3 Å². The number of hydrogen-bond acceptors (Lipinski definition) is 7. The molecule has 0 saturated heterocycles. The van der Waals surface area contributed by atoms with Gasteiger partial charge in [-0.3, -0.25) is 9.78 Å². The van der Waals surface area contributed by atoms with Gasteiger partial charge in [0.2, 0.25) is 0 Å². The number of carbonyl (C=O) groups is 1. The summed E-state index contributed by atoms with van der Waals surface area (Å²) in [5, 5.41) is 13.4. The van der Waals surface area contributed by atoms with E-state index in [4.69, 9.17) is 18.9 Å². The Morgan fingerprint density at radius 3 is 2.46 bits per heavy atom. The maximum Gasteiger partial charge on any atom is 0.261 e. The fourth-order valence-electron chi connectivity index (χ4n) is 4.12. The Balaban J connectivity index is 1.44. The normalized spacial score (nSPS) is 11.0. The summed E-state index contributed by atoms with van der Waals surface area (Å²) >= 11 is 0. The fourth-order valence-corrected chi connectivity index (χ4v) is 4.12. The van der Waals surface area contributed by atoms with Crippen LogP contribution in [0.3, 0.4) is 0 Å². The summed E-state index contributed by atoms with van der Waals surface area (Å²) in [6, 6.07) is 22.6. The minimum absolute atomic E-state index is 0.00222. The number of carbonyl (C=O) groups excluding carboxylic acids is 1. The molecule has 0 aliphatic heterocycles. The van der Waals surface area contributed by atoms with Crippen molar-refractivity contribution < 1.29 is 23.7 Å². The SMILES string of the molecule is COc1ccc(/C=C(/C#N)C(=O)NCCc2ccc(OC)c(OC)c2)cc1COc1cccc2cccnc12. The van der Waals surface area contributed by atoms with E-state index in [1.165, 1.54) is 0 Å². The Hall–Kier alpha value is -5.03. The Morgan fingerprint density at radius 2 is 1.69 bits per heavy atom. The van der Waals surface area contributed by atoms with Gasteiger partial charge < -0.3 is 24.3 Å². The zero-order chi connectivity index (χ0) is 27.6. The van der Waals surface area contributed by atoms with Crippen LogP contribution in [0.5, 0.6) is 23.0 Å². The minimum Gasteiger partial charge on any atom is -0.496 e. The molecule has 1 amide bonds. The molecule has 1 N–H and O–H groups in total. The molecule has 0 atom stereocenters. The third-order valence-corrected chi connectivity index (χ3v) is 6.11. The lowest BCUT2D eigenvalue weighted by Crippen LogP contribution is -2.26. The number of ether oxygens (including phenoxy) is 4. The van der Waals surface area contributed by atoms with Crippen molar-refractivity contribution in [3.63, 3.8) is 0 Å². The number of para-hydroxylation sites is 1. The van der Waals surface area contributed by atoms with Crippen LogP contribution in [0, 0.1) is 11.3 Å². The number of aromatic nitrogens is 1. The van der Waals surface area contributed by atoms with E-state index in [1.807, 2.05) is 60.7 Å². The van der Waals surface area contributed by atoms with Crippen LogP contribution < -0.4 is 24.3 Å². The second kappa shape index (κ2) is 13.0. The van der Waals surface area contributed by atoms with Crippen molar-refractivity contribution in [2.24, 2.45) is 0 Å². The van der Waals surface area contributed by atoms with Crippen molar-refractivity contribution >= 4 is 22.9 Å². The van der Waals surface area contributed by atoms with Crippen molar-refractivity contribution in [1.29, 1.82) is 5.26 Å². The van der Waals surface area contributed by atoms with Crippen LogP contribution in [0.25, 0.3) is 17.0 Å². The highest BCUT2D eigenvalue weighted by molar-refractivity contribution is 6.01. The first-order valence-electron chi connectivity index (χ1n) is 12.3. The lowest BCUT2D eigenvalue weighted by atomic mass is 10.1. The maximum atomic E-state index is 12.7. The Kier molecular flexibility index (Phi) is 8.99. The van der Waals surface area contributed by atoms with Crippen molar-refractivity contribution in [2.75, 3.05) is 27.9 Å². The summed E-state index contributed by atoms with van der Waals surface area (Å²) in [6.07, 6.45) is 3.84. The van der Waals surface area contributed by atoms with Crippen LogP contribution in [0.2, 0.25) is 0 Å². The summed E-state index contributed by atoms with van der Waals surface area (Å²) in [5.74, 6) is 2.10. The smallest absolute Gasteiger partial charge is 0.261 e. The molecule has 0 bridgehead atoms. The largest absolute Gasteiger partial charge is 0.496 e. The number of hydrogen-bond donors (Lipinski definition) is 1. The molecular formula is C31H29N3O5. The first-order chi connectivity index (χ1) is 19.1. The van der Waals surface area contributed by atoms with Crippen LogP contribution in [-0.4, -0.2) is 38.8 Å². The predicted octanol–water partition coefficient (Wildman–Crippen LogP) is 5.11. The average molecular weight is 524 g/mol. The number of amides is 1. The third kappa shape index (κ3) is 6.65. The molecule has 198 valence electrons. The minimum atomic E-state index is -0.451. The van der Waals surface area contributed by atoms with Crippen LogP contribution in [0.4, 0.5) is 0 Å². The third-order valence-electron chi connectivity index (χ3n) is 6.11. The molecule has 0 fully saturated rings. The van der Waals surface area contributed by atoms with Gasteiger partial charge in [-0.25, -0.2) is 0 Å². The van der Waals surface area contributed by atoms with Crippen LogP contribution in [-0.2, 0) is 17.8 Å². The number of benzene rings is 3. The maximum absolute atomic E-state index is 12.7. The fraction of sp³-hybridized carbons (Fsp3) is 0.194. The number of nitriles is 1. The number of nitrogens with zero attached hydrogens (tertiary/aromatic N) is 2. The Labute approximate surface area is 227 Å². The summed E-state index contributed by atoms with van der Waals surface area (Å²) in [5.41, 5.74) is 3.18. The molecule has 1 heterocycles. The molecule has 0 unspecified atom stereocenters. The topological polar surface area (TPSA) is 103 Å². The molecule has 8 heteroatoms. The van der Waals surface area contributed by atoms with Gasteiger partial charge in [-0.15, -0.1) is 0 Å². The molecule has 4 rings (SSSR count). The predicted molar refractivity (Wildman–Crippen MR) is 149 cm³/mol. The van der Waals surface area contributed by atoms with Gasteiger partial charge in [0.1, 0.15) is 35.3 Å². The highest BCUT2D eigenvalue weighted by Gasteiger charge is 2.12. The first-order valence-corrected chi connectivity index (χ1v) is 12.3. The highest BCUT2D eigenvalue weighted by Crippen LogP contribution is 2.28. The lowest BCUT2D eigenvalue weighted by molar-refractivity contribution is -0.117. The molecule has 0 radical (unpaired) electrons. The molecule has 8 nitrogen and oxygen atoms in total. The molecule has 0 saturated carbocycles. The number of fused-ring (bicyclic) bond motifs is 1. The highest BCUT2D eigenvalue weighted by atomic mass is 16.5. The molecule has 39 heavy (non-hydrogen) atoms. The Morgan fingerprint density at radius 1 is 0.923 bits per heavy atom. The van der Waals surface area contributed by atoms with Gasteiger partial charge in [0, 0.05) is 23.7 Å². The van der Waals surface area contributed by atoms with E-state index in [2.05, 4.69) is 10.3 Å². The van der Waals surface area contributed by atoms with Gasteiger partial charge in [0.05, 0.1) is 21.3 Å². The molecule has 0 aliphatic carbocycles. The number of nitrogens with one attached hydrogen (secondary N) is 1. The van der Waals surface area contributed by atoms with E-state index in [1.54, 1.807) is 45.7 Å². The molecule has 0 aliphatic rings. The number of methoxy groups -OCH3 is 3. The monoisotopic (exact) mass is 523 g/mol. The van der Waals surface area contributed by atoms with E-state index in [0.717, 1.165) is 22.0 Å². The van der Waals surface area contributed by atoms with Gasteiger partial charge in [0.15, 0.2) is 11.5 Å². The standard InChI is InChI=1S/C31H29N3O5/c1-36-26-11-10-22(17-25(26)20-39-28-8-4-6-23-7-5-14-33-30(23)28)16-24(19-32)31(35)34-15-13-21-9-12-27(37-2)29(18-21)38-3/h4-12,14,16-18H,13,15,20H2,1-3H3,(H,34,35)/b24-16-.